The third-order valence-corrected chi connectivity index (χ3v) is 2.44. The van der Waals surface area contributed by atoms with E-state index in [1.54, 1.807) is 18.2 Å². The number of carbonyl (C=O) groups is 1. The van der Waals surface area contributed by atoms with Crippen molar-refractivity contribution < 1.29 is 14.1 Å². The Morgan fingerprint density at radius 1 is 1.53 bits per heavy atom. The van der Waals surface area contributed by atoms with Gasteiger partial charge in [-0.05, 0) is 25.1 Å². The monoisotopic (exact) mass is 262 g/mol. The molecule has 0 aliphatic rings. The minimum absolute atomic E-state index is 0.00811. The van der Waals surface area contributed by atoms with Gasteiger partial charge in [0.1, 0.15) is 5.75 Å². The minimum atomic E-state index is -0.376. The Balaban J connectivity index is 2.27. The maximum Gasteiger partial charge on any atom is 0.292 e. The largest absolute Gasteiger partial charge is 0.495 e. The molecule has 0 radical (unpaired) electrons. The Bertz CT molecular complexity index is 594. The number of ether oxygens (including phenoxy) is 1. The van der Waals surface area contributed by atoms with Gasteiger partial charge in [0.05, 0.1) is 12.8 Å². The summed E-state index contributed by atoms with van der Waals surface area (Å²) in [4.78, 5) is 15.5. The number of methoxy groups -OCH3 is 1. The van der Waals surface area contributed by atoms with E-state index in [1.807, 2.05) is 6.92 Å². The van der Waals surface area contributed by atoms with Crippen LogP contribution in [-0.2, 0) is 0 Å². The van der Waals surface area contributed by atoms with Gasteiger partial charge >= 0.3 is 0 Å². The van der Waals surface area contributed by atoms with Gasteiger partial charge in [-0.2, -0.15) is 4.98 Å². The van der Waals surface area contributed by atoms with Crippen LogP contribution in [0.2, 0.25) is 0 Å². The second-order valence-electron chi connectivity index (χ2n) is 3.74. The molecule has 100 valence electrons. The molecule has 1 heterocycles. The van der Waals surface area contributed by atoms with Gasteiger partial charge in [-0.3, -0.25) is 4.79 Å². The van der Waals surface area contributed by atoms with Crippen LogP contribution in [0.1, 0.15) is 17.5 Å². The summed E-state index contributed by atoms with van der Waals surface area (Å²) in [6.45, 7) is 2.31. The van der Waals surface area contributed by atoms with Crippen LogP contribution in [0.25, 0.3) is 11.5 Å². The Labute approximate surface area is 109 Å². The van der Waals surface area contributed by atoms with E-state index in [0.717, 1.165) is 0 Å². The molecule has 0 aliphatic carbocycles. The molecule has 2 rings (SSSR count). The van der Waals surface area contributed by atoms with Crippen LogP contribution in [0.5, 0.6) is 5.75 Å². The fraction of sp³-hybridized carbons (Fsp3) is 0.250. The average molecular weight is 262 g/mol. The molecule has 19 heavy (non-hydrogen) atoms. The van der Waals surface area contributed by atoms with E-state index in [0.29, 0.717) is 23.5 Å². The first-order valence-electron chi connectivity index (χ1n) is 5.71. The zero-order chi connectivity index (χ0) is 13.8. The van der Waals surface area contributed by atoms with Gasteiger partial charge in [0.2, 0.25) is 0 Å². The molecule has 0 unspecified atom stereocenters. The highest BCUT2D eigenvalue weighted by Crippen LogP contribution is 2.27. The number of aromatic nitrogens is 2. The van der Waals surface area contributed by atoms with E-state index < -0.39 is 0 Å². The summed E-state index contributed by atoms with van der Waals surface area (Å²) in [5.41, 5.74) is 6.87. The minimum Gasteiger partial charge on any atom is -0.495 e. The summed E-state index contributed by atoms with van der Waals surface area (Å²) in [6, 6.07) is 5.07. The highest BCUT2D eigenvalue weighted by atomic mass is 16.5. The Morgan fingerprint density at radius 3 is 2.95 bits per heavy atom. The zero-order valence-corrected chi connectivity index (χ0v) is 10.6. The number of nitrogens with two attached hydrogens (primary N) is 1. The Morgan fingerprint density at radius 2 is 2.32 bits per heavy atom. The first-order chi connectivity index (χ1) is 9.15. The molecule has 7 heteroatoms. The molecule has 0 bridgehead atoms. The topological polar surface area (TPSA) is 103 Å². The standard InChI is InChI=1S/C12H14N4O3/c1-3-14-11(17)10-15-12(19-16-10)7-4-5-9(18-2)8(13)6-7/h4-6H,3,13H2,1-2H3,(H,14,17). The fourth-order valence-corrected chi connectivity index (χ4v) is 1.54. The first kappa shape index (κ1) is 12.9. The predicted octanol–water partition coefficient (Wildman–Crippen LogP) is 1.08. The van der Waals surface area contributed by atoms with E-state index in [2.05, 4.69) is 15.5 Å². The van der Waals surface area contributed by atoms with Gasteiger partial charge in [-0.25, -0.2) is 0 Å². The molecular weight excluding hydrogens is 248 g/mol. The van der Waals surface area contributed by atoms with Crippen LogP contribution in [0.15, 0.2) is 22.7 Å². The molecule has 1 aromatic carbocycles. The summed E-state index contributed by atoms with van der Waals surface area (Å²) < 4.78 is 10.1. The molecule has 1 aromatic heterocycles. The van der Waals surface area contributed by atoms with Gasteiger partial charge in [-0.1, -0.05) is 5.16 Å². The van der Waals surface area contributed by atoms with Crippen molar-refractivity contribution in [2.24, 2.45) is 0 Å². The molecule has 3 N–H and O–H groups in total. The highest BCUT2D eigenvalue weighted by Gasteiger charge is 2.15. The third-order valence-electron chi connectivity index (χ3n) is 2.44. The van der Waals surface area contributed by atoms with Crippen LogP contribution in [-0.4, -0.2) is 29.7 Å². The van der Waals surface area contributed by atoms with E-state index in [4.69, 9.17) is 15.0 Å². The van der Waals surface area contributed by atoms with E-state index in [9.17, 15) is 4.79 Å². The van der Waals surface area contributed by atoms with Gasteiger partial charge in [0.25, 0.3) is 17.6 Å². The average Bonchev–Trinajstić information content (AvgIpc) is 2.88. The number of hydrogen-bond donors (Lipinski definition) is 2. The number of carbonyl (C=O) groups excluding carboxylic acids is 1. The summed E-state index contributed by atoms with van der Waals surface area (Å²) >= 11 is 0. The maximum atomic E-state index is 11.5. The lowest BCUT2D eigenvalue weighted by Crippen LogP contribution is -2.23. The van der Waals surface area contributed by atoms with Crippen molar-refractivity contribution in [2.45, 2.75) is 6.92 Å². The smallest absolute Gasteiger partial charge is 0.292 e. The lowest BCUT2D eigenvalue weighted by molar-refractivity contribution is 0.0942. The number of nitrogens with one attached hydrogen (secondary N) is 1. The number of nitrogen functional groups attached to an aromatic ring is 1. The summed E-state index contributed by atoms with van der Waals surface area (Å²) in [6.07, 6.45) is 0. The second kappa shape index (κ2) is 5.38. The molecule has 1 amide bonds. The Hall–Kier alpha value is -2.57. The molecule has 0 aliphatic heterocycles. The van der Waals surface area contributed by atoms with Gasteiger partial charge in [0, 0.05) is 12.1 Å². The SMILES string of the molecule is CCNC(=O)c1noc(-c2ccc(OC)c(N)c2)n1. The Kier molecular flexibility index (Phi) is 3.65. The summed E-state index contributed by atoms with van der Waals surface area (Å²) in [7, 11) is 1.53. The predicted molar refractivity (Wildman–Crippen MR) is 68.7 cm³/mol. The molecule has 0 spiro atoms. The van der Waals surface area contributed by atoms with E-state index >= 15 is 0 Å². The number of nitrogens with zero attached hydrogens (tertiary/aromatic N) is 2. The first-order valence-corrected chi connectivity index (χ1v) is 5.71. The van der Waals surface area contributed by atoms with Crippen LogP contribution in [0.4, 0.5) is 5.69 Å². The van der Waals surface area contributed by atoms with Gasteiger partial charge < -0.3 is 20.3 Å². The second-order valence-corrected chi connectivity index (χ2v) is 3.74. The maximum absolute atomic E-state index is 11.5. The lowest BCUT2D eigenvalue weighted by atomic mass is 10.2. The fourth-order valence-electron chi connectivity index (χ4n) is 1.54. The van der Waals surface area contributed by atoms with Crippen LogP contribution >= 0.6 is 0 Å². The molecular formula is C12H14N4O3. The van der Waals surface area contributed by atoms with Gasteiger partial charge in [0.15, 0.2) is 0 Å². The van der Waals surface area contributed by atoms with E-state index in [-0.39, 0.29) is 17.6 Å². The molecule has 0 saturated carbocycles. The van der Waals surface area contributed by atoms with Crippen molar-refractivity contribution in [3.05, 3.63) is 24.0 Å². The van der Waals surface area contributed by atoms with Crippen molar-refractivity contribution in [1.82, 2.24) is 15.5 Å². The summed E-state index contributed by atoms with van der Waals surface area (Å²) in [5.74, 6) is 0.410. The number of rotatable bonds is 4. The van der Waals surface area contributed by atoms with Crippen LogP contribution in [0.3, 0.4) is 0 Å². The van der Waals surface area contributed by atoms with Crippen LogP contribution in [0, 0.1) is 0 Å². The number of anilines is 1. The molecule has 0 fully saturated rings. The third kappa shape index (κ3) is 2.65. The molecule has 2 aromatic rings. The van der Waals surface area contributed by atoms with Crippen LogP contribution < -0.4 is 15.8 Å². The molecule has 0 atom stereocenters. The van der Waals surface area contributed by atoms with Crippen molar-refractivity contribution in [1.29, 1.82) is 0 Å². The van der Waals surface area contributed by atoms with Crippen molar-refractivity contribution in [3.63, 3.8) is 0 Å². The lowest BCUT2D eigenvalue weighted by Gasteiger charge is -2.04. The van der Waals surface area contributed by atoms with E-state index in [1.165, 1.54) is 7.11 Å². The number of amides is 1. The van der Waals surface area contributed by atoms with Crippen molar-refractivity contribution >= 4 is 11.6 Å². The number of hydrogen-bond acceptors (Lipinski definition) is 6. The quantitative estimate of drug-likeness (QED) is 0.799. The normalized spacial score (nSPS) is 10.2. The van der Waals surface area contributed by atoms with Gasteiger partial charge in [-0.15, -0.1) is 0 Å². The molecule has 0 saturated heterocycles. The highest BCUT2D eigenvalue weighted by molar-refractivity contribution is 5.90. The van der Waals surface area contributed by atoms with Crippen molar-refractivity contribution in [3.8, 4) is 17.2 Å². The van der Waals surface area contributed by atoms with Crippen molar-refractivity contribution in [2.75, 3.05) is 19.4 Å². The molecule has 7 nitrogen and oxygen atoms in total. The summed E-state index contributed by atoms with van der Waals surface area (Å²) in [5, 5.41) is 6.20. The number of benzene rings is 1. The zero-order valence-electron chi connectivity index (χ0n) is 10.6.